The van der Waals surface area contributed by atoms with Gasteiger partial charge in [0.2, 0.25) is 0 Å². The van der Waals surface area contributed by atoms with Crippen LogP contribution in [0.25, 0.3) is 0 Å². The minimum atomic E-state index is 0. The number of carbonyl (C=O) groups is 1. The summed E-state index contributed by atoms with van der Waals surface area (Å²) in [5.74, 6) is 0. The van der Waals surface area contributed by atoms with E-state index in [2.05, 4.69) is 0 Å². The summed E-state index contributed by atoms with van der Waals surface area (Å²) >= 11 is 0. The van der Waals surface area contributed by atoms with Crippen LogP contribution in [-0.2, 0) is 24.3 Å². The molecule has 37 valence electrons. The van der Waals surface area contributed by atoms with Gasteiger partial charge in [-0.1, -0.05) is 0 Å². The Labute approximate surface area is 51.3 Å². The maximum Gasteiger partial charge on any atom is 0.106 e. The van der Waals surface area contributed by atoms with E-state index in [-0.39, 0.29) is 39.3 Å². The quantitative estimate of drug-likeness (QED) is 0.396. The predicted molar refractivity (Wildman–Crippen MR) is 29.3 cm³/mol. The number of rotatable bonds is 0. The van der Waals surface area contributed by atoms with Gasteiger partial charge in [0, 0.05) is 19.5 Å². The number of hydrogen-bond acceptors (Lipinski definition) is 1. The average molecular weight is 201 g/mol. The topological polar surface area (TPSA) is 17.1 Å². The fraction of sp³-hybridized carbons (Fsp3) is 0. The van der Waals surface area contributed by atoms with Gasteiger partial charge in [0.25, 0.3) is 0 Å². The maximum absolute atomic E-state index is 8.00. The molecule has 0 heterocycles. The van der Waals surface area contributed by atoms with Crippen LogP contribution in [0.2, 0.25) is 0 Å². The third-order valence-corrected chi connectivity index (χ3v) is 0. The Morgan fingerprint density at radius 3 is 1.00 bits per heavy atom. The van der Waals surface area contributed by atoms with E-state index >= 15 is 0 Å². The van der Waals surface area contributed by atoms with Crippen molar-refractivity contribution in [1.82, 2.24) is 0 Å². The molecule has 0 bridgehead atoms. The van der Waals surface area contributed by atoms with Crippen LogP contribution < -0.4 is 0 Å². The van der Waals surface area contributed by atoms with Crippen molar-refractivity contribution in [3.05, 3.63) is 0 Å². The normalized spacial score (nSPS) is 0.800. The summed E-state index contributed by atoms with van der Waals surface area (Å²) in [6, 6.07) is 0. The molecule has 0 rings (SSSR count). The van der Waals surface area contributed by atoms with E-state index in [9.17, 15) is 0 Å². The van der Waals surface area contributed by atoms with Crippen molar-refractivity contribution in [2.75, 3.05) is 0 Å². The zero-order chi connectivity index (χ0) is 2.00. The van der Waals surface area contributed by atoms with Gasteiger partial charge in [-0.2, -0.15) is 19.8 Å². The van der Waals surface area contributed by atoms with Crippen molar-refractivity contribution in [3.63, 3.8) is 0 Å². The summed E-state index contributed by atoms with van der Waals surface area (Å²) in [6.45, 7) is 2.00. The van der Waals surface area contributed by atoms with Crippen molar-refractivity contribution in [1.29, 1.82) is 0 Å². The molecule has 0 saturated carbocycles. The molecule has 0 spiro atoms. The SMILES string of the molecule is C=O.P.P.[Rh]. The molecule has 4 heteroatoms. The molecule has 0 aliphatic carbocycles. The molecule has 0 aliphatic rings. The predicted octanol–water partition coefficient (Wildman–Crippen LogP) is -0.0712. The Balaban J connectivity index is -0.00000000167. The minimum absolute atomic E-state index is 0. The van der Waals surface area contributed by atoms with Crippen molar-refractivity contribution < 1.29 is 24.3 Å². The van der Waals surface area contributed by atoms with E-state index in [0.717, 1.165) is 0 Å². The standard InChI is InChI=1S/CH2O.2H3P.Rh/c1-2;;;/h1H2;2*1H3;. The summed E-state index contributed by atoms with van der Waals surface area (Å²) in [4.78, 5) is 8.00. The Kier molecular flexibility index (Phi) is 471. The first-order valence-corrected chi connectivity index (χ1v) is 0.289. The van der Waals surface area contributed by atoms with E-state index in [1.54, 1.807) is 0 Å². The van der Waals surface area contributed by atoms with E-state index in [1.165, 1.54) is 0 Å². The molecule has 5 heavy (non-hydrogen) atoms. The molecule has 0 aromatic heterocycles. The van der Waals surface area contributed by atoms with Crippen LogP contribution in [0, 0.1) is 0 Å². The van der Waals surface area contributed by atoms with Gasteiger partial charge in [0.05, 0.1) is 0 Å². The molecule has 1 nitrogen and oxygen atoms in total. The molecule has 2 atom stereocenters. The summed E-state index contributed by atoms with van der Waals surface area (Å²) < 4.78 is 0. The molecule has 0 fully saturated rings. The second kappa shape index (κ2) is 66.8. The first kappa shape index (κ1) is 35.2. The molecular formula is CH8OP2Rh. The van der Waals surface area contributed by atoms with Gasteiger partial charge < -0.3 is 4.79 Å². The molecule has 0 amide bonds. The van der Waals surface area contributed by atoms with Crippen LogP contribution in [0.4, 0.5) is 0 Å². The molecule has 1 radical (unpaired) electrons. The first-order chi connectivity index (χ1) is 1.00. The fourth-order valence-corrected chi connectivity index (χ4v) is 0. The summed E-state index contributed by atoms with van der Waals surface area (Å²) in [5, 5.41) is 0. The second-order valence-electron chi connectivity index (χ2n) is 0. The molecule has 0 aromatic rings. The summed E-state index contributed by atoms with van der Waals surface area (Å²) in [7, 11) is 0. The van der Waals surface area contributed by atoms with Crippen molar-refractivity contribution in [2.24, 2.45) is 0 Å². The summed E-state index contributed by atoms with van der Waals surface area (Å²) in [5.41, 5.74) is 0. The van der Waals surface area contributed by atoms with Gasteiger partial charge in [-0.25, -0.2) is 0 Å². The van der Waals surface area contributed by atoms with Crippen LogP contribution in [0.3, 0.4) is 0 Å². The molecule has 0 saturated heterocycles. The van der Waals surface area contributed by atoms with Crippen LogP contribution in [0.15, 0.2) is 0 Å². The van der Waals surface area contributed by atoms with Crippen LogP contribution >= 0.6 is 19.8 Å². The third kappa shape index (κ3) is 38.5. The number of hydrogen-bond donors (Lipinski definition) is 0. The molecule has 0 aromatic carbocycles. The second-order valence-corrected chi connectivity index (χ2v) is 0. The Morgan fingerprint density at radius 2 is 1.00 bits per heavy atom. The van der Waals surface area contributed by atoms with Gasteiger partial charge in [0.15, 0.2) is 0 Å². The van der Waals surface area contributed by atoms with Crippen molar-refractivity contribution >= 4 is 26.6 Å². The molecule has 2 unspecified atom stereocenters. The van der Waals surface area contributed by atoms with Crippen molar-refractivity contribution in [2.45, 2.75) is 0 Å². The van der Waals surface area contributed by atoms with Gasteiger partial charge >= 0.3 is 0 Å². The molecular weight excluding hydrogens is 193 g/mol. The molecule has 0 aliphatic heterocycles. The zero-order valence-electron chi connectivity index (χ0n) is 2.86. The number of carbonyl (C=O) groups excluding carboxylic acids is 1. The Bertz CT molecular complexity index is 9.61. The Hall–Kier alpha value is 1.15. The Morgan fingerprint density at radius 1 is 1.00 bits per heavy atom. The smallest absolute Gasteiger partial charge is 0.106 e. The zero-order valence-corrected chi connectivity index (χ0v) is 7.33. The van der Waals surface area contributed by atoms with Gasteiger partial charge in [-0.15, -0.1) is 0 Å². The van der Waals surface area contributed by atoms with Crippen LogP contribution in [0.1, 0.15) is 0 Å². The average Bonchev–Trinajstić information content (AvgIpc) is 1.00. The van der Waals surface area contributed by atoms with Gasteiger partial charge in [-0.05, 0) is 0 Å². The fourth-order valence-electron chi connectivity index (χ4n) is 0. The first-order valence-electron chi connectivity index (χ1n) is 0.289. The van der Waals surface area contributed by atoms with Crippen molar-refractivity contribution in [3.8, 4) is 0 Å². The van der Waals surface area contributed by atoms with Gasteiger partial charge in [-0.3, -0.25) is 0 Å². The summed E-state index contributed by atoms with van der Waals surface area (Å²) in [6.07, 6.45) is 0. The minimum Gasteiger partial charge on any atom is -0.307 e. The van der Waals surface area contributed by atoms with E-state index < -0.39 is 0 Å². The van der Waals surface area contributed by atoms with Gasteiger partial charge in [0.1, 0.15) is 6.79 Å². The van der Waals surface area contributed by atoms with Crippen LogP contribution in [-0.4, -0.2) is 6.79 Å². The monoisotopic (exact) mass is 201 g/mol. The van der Waals surface area contributed by atoms with E-state index in [0.29, 0.717) is 0 Å². The van der Waals surface area contributed by atoms with E-state index in [4.69, 9.17) is 4.79 Å². The maximum atomic E-state index is 8.00. The largest absolute Gasteiger partial charge is 0.307 e. The molecule has 0 N–H and O–H groups in total. The third-order valence-electron chi connectivity index (χ3n) is 0. The van der Waals surface area contributed by atoms with E-state index in [1.807, 2.05) is 6.79 Å². The van der Waals surface area contributed by atoms with Crippen LogP contribution in [0.5, 0.6) is 0 Å².